The monoisotopic (exact) mass is 296 g/mol. The first-order chi connectivity index (χ1) is 11.3. The molecule has 0 spiro atoms. The van der Waals surface area contributed by atoms with Crippen LogP contribution in [0, 0.1) is 25.7 Å². The Morgan fingerprint density at radius 1 is 0.609 bits per heavy atom. The SMILES string of the molecule is Cc1ccccc1C(C#Cc1ccccc1)c1ccccc1C. The molecule has 0 fully saturated rings. The third-order valence-electron chi connectivity index (χ3n) is 4.13. The standard InChI is InChI=1S/C23H20/c1-18-10-6-8-14-21(18)23(22-15-9-7-11-19(22)2)17-16-20-12-4-3-5-13-20/h3-15,23H,1-2H3. The summed E-state index contributed by atoms with van der Waals surface area (Å²) < 4.78 is 0. The Morgan fingerprint density at radius 2 is 1.09 bits per heavy atom. The van der Waals surface area contributed by atoms with Crippen LogP contribution < -0.4 is 0 Å². The Morgan fingerprint density at radius 3 is 1.61 bits per heavy atom. The average Bonchev–Trinajstić information content (AvgIpc) is 2.59. The van der Waals surface area contributed by atoms with E-state index in [4.69, 9.17) is 0 Å². The molecule has 0 unspecified atom stereocenters. The van der Waals surface area contributed by atoms with Gasteiger partial charge in [-0.2, -0.15) is 0 Å². The topological polar surface area (TPSA) is 0 Å². The molecule has 0 bridgehead atoms. The van der Waals surface area contributed by atoms with Crippen LogP contribution in [0.25, 0.3) is 0 Å². The van der Waals surface area contributed by atoms with Crippen LogP contribution in [0.4, 0.5) is 0 Å². The summed E-state index contributed by atoms with van der Waals surface area (Å²) in [5.41, 5.74) is 6.18. The lowest BCUT2D eigenvalue weighted by atomic mass is 9.86. The highest BCUT2D eigenvalue weighted by Crippen LogP contribution is 2.28. The number of benzene rings is 3. The van der Waals surface area contributed by atoms with Gasteiger partial charge in [0.15, 0.2) is 0 Å². The smallest absolute Gasteiger partial charge is 0.0710 e. The van der Waals surface area contributed by atoms with E-state index in [0.29, 0.717) is 0 Å². The Balaban J connectivity index is 2.10. The summed E-state index contributed by atoms with van der Waals surface area (Å²) in [6.45, 7) is 4.32. The van der Waals surface area contributed by atoms with Crippen molar-refractivity contribution in [2.45, 2.75) is 19.8 Å². The fourth-order valence-corrected chi connectivity index (χ4v) is 2.82. The minimum Gasteiger partial charge on any atom is -0.0848 e. The fourth-order valence-electron chi connectivity index (χ4n) is 2.82. The zero-order chi connectivity index (χ0) is 16.1. The second kappa shape index (κ2) is 6.99. The number of aryl methyl sites for hydroxylation is 2. The zero-order valence-electron chi connectivity index (χ0n) is 13.6. The number of hydrogen-bond donors (Lipinski definition) is 0. The molecule has 23 heavy (non-hydrogen) atoms. The minimum absolute atomic E-state index is 0.0950. The van der Waals surface area contributed by atoms with Gasteiger partial charge in [0, 0.05) is 5.56 Å². The summed E-state index contributed by atoms with van der Waals surface area (Å²) in [5.74, 6) is 6.94. The predicted molar refractivity (Wildman–Crippen MR) is 97.5 cm³/mol. The van der Waals surface area contributed by atoms with Crippen molar-refractivity contribution in [3.8, 4) is 11.8 Å². The Labute approximate surface area is 138 Å². The lowest BCUT2D eigenvalue weighted by Gasteiger charge is -2.16. The molecule has 0 heterocycles. The second-order valence-corrected chi connectivity index (χ2v) is 5.78. The summed E-state index contributed by atoms with van der Waals surface area (Å²) in [6.07, 6.45) is 0. The van der Waals surface area contributed by atoms with Crippen molar-refractivity contribution >= 4 is 0 Å². The number of hydrogen-bond acceptors (Lipinski definition) is 0. The van der Waals surface area contributed by atoms with E-state index < -0.39 is 0 Å². The van der Waals surface area contributed by atoms with Gasteiger partial charge in [0.05, 0.1) is 5.92 Å². The lowest BCUT2D eigenvalue weighted by molar-refractivity contribution is 1.02. The molecule has 0 aromatic heterocycles. The highest BCUT2D eigenvalue weighted by molar-refractivity contribution is 5.48. The van der Waals surface area contributed by atoms with Crippen molar-refractivity contribution in [1.82, 2.24) is 0 Å². The van der Waals surface area contributed by atoms with Crippen molar-refractivity contribution < 1.29 is 0 Å². The van der Waals surface area contributed by atoms with Crippen LogP contribution in [-0.4, -0.2) is 0 Å². The summed E-state index contributed by atoms with van der Waals surface area (Å²) in [7, 11) is 0. The van der Waals surface area contributed by atoms with Gasteiger partial charge in [-0.25, -0.2) is 0 Å². The Hall–Kier alpha value is -2.78. The van der Waals surface area contributed by atoms with E-state index in [9.17, 15) is 0 Å². The minimum atomic E-state index is 0.0950. The van der Waals surface area contributed by atoms with Crippen LogP contribution in [0.1, 0.15) is 33.7 Å². The Kier molecular flexibility index (Phi) is 4.60. The largest absolute Gasteiger partial charge is 0.0848 e. The average molecular weight is 296 g/mol. The van der Waals surface area contributed by atoms with E-state index in [0.717, 1.165) is 5.56 Å². The highest BCUT2D eigenvalue weighted by Gasteiger charge is 2.15. The summed E-state index contributed by atoms with van der Waals surface area (Å²) >= 11 is 0. The molecule has 0 nitrogen and oxygen atoms in total. The third kappa shape index (κ3) is 3.52. The molecule has 0 heteroatoms. The second-order valence-electron chi connectivity index (χ2n) is 5.78. The van der Waals surface area contributed by atoms with E-state index in [2.05, 4.69) is 86.4 Å². The van der Waals surface area contributed by atoms with Crippen LogP contribution in [0.5, 0.6) is 0 Å². The lowest BCUT2D eigenvalue weighted by Crippen LogP contribution is -2.03. The molecule has 0 N–H and O–H groups in total. The van der Waals surface area contributed by atoms with Gasteiger partial charge >= 0.3 is 0 Å². The first-order valence-electron chi connectivity index (χ1n) is 7.93. The molecular formula is C23H20. The maximum atomic E-state index is 3.50. The molecular weight excluding hydrogens is 276 g/mol. The van der Waals surface area contributed by atoms with Gasteiger partial charge in [0.2, 0.25) is 0 Å². The first-order valence-corrected chi connectivity index (χ1v) is 7.93. The van der Waals surface area contributed by atoms with Crippen molar-refractivity contribution in [3.05, 3.63) is 107 Å². The molecule has 0 saturated carbocycles. The Bertz CT molecular complexity index is 802. The van der Waals surface area contributed by atoms with E-state index in [1.807, 2.05) is 18.2 Å². The van der Waals surface area contributed by atoms with E-state index in [1.165, 1.54) is 22.3 Å². The van der Waals surface area contributed by atoms with Gasteiger partial charge < -0.3 is 0 Å². The van der Waals surface area contributed by atoms with Crippen molar-refractivity contribution in [1.29, 1.82) is 0 Å². The van der Waals surface area contributed by atoms with E-state index in [-0.39, 0.29) is 5.92 Å². The molecule has 3 rings (SSSR count). The molecule has 0 saturated heterocycles. The molecule has 0 aliphatic rings. The van der Waals surface area contributed by atoms with E-state index in [1.54, 1.807) is 0 Å². The van der Waals surface area contributed by atoms with Gasteiger partial charge in [-0.3, -0.25) is 0 Å². The van der Waals surface area contributed by atoms with Crippen molar-refractivity contribution in [3.63, 3.8) is 0 Å². The third-order valence-corrected chi connectivity index (χ3v) is 4.13. The maximum Gasteiger partial charge on any atom is 0.0710 e. The summed E-state index contributed by atoms with van der Waals surface area (Å²) in [4.78, 5) is 0. The van der Waals surface area contributed by atoms with Gasteiger partial charge in [-0.05, 0) is 48.2 Å². The molecule has 0 aliphatic heterocycles. The molecule has 0 amide bonds. The van der Waals surface area contributed by atoms with Crippen LogP contribution in [0.2, 0.25) is 0 Å². The zero-order valence-corrected chi connectivity index (χ0v) is 13.6. The van der Waals surface area contributed by atoms with Gasteiger partial charge in [-0.1, -0.05) is 78.6 Å². The maximum absolute atomic E-state index is 3.50. The molecule has 112 valence electrons. The normalized spacial score (nSPS) is 10.2. The van der Waals surface area contributed by atoms with Crippen LogP contribution in [0.3, 0.4) is 0 Å². The van der Waals surface area contributed by atoms with Gasteiger partial charge in [-0.15, -0.1) is 0 Å². The van der Waals surface area contributed by atoms with Crippen LogP contribution >= 0.6 is 0 Å². The van der Waals surface area contributed by atoms with Crippen molar-refractivity contribution in [2.75, 3.05) is 0 Å². The van der Waals surface area contributed by atoms with Gasteiger partial charge in [0.1, 0.15) is 0 Å². The summed E-state index contributed by atoms with van der Waals surface area (Å²) in [6, 6.07) is 27.2. The summed E-state index contributed by atoms with van der Waals surface area (Å²) in [5, 5.41) is 0. The molecule has 0 atom stereocenters. The van der Waals surface area contributed by atoms with Crippen molar-refractivity contribution in [2.24, 2.45) is 0 Å². The quantitative estimate of drug-likeness (QED) is 0.549. The fraction of sp³-hybridized carbons (Fsp3) is 0.130. The molecule has 3 aromatic carbocycles. The van der Waals surface area contributed by atoms with Gasteiger partial charge in [0.25, 0.3) is 0 Å². The van der Waals surface area contributed by atoms with Crippen LogP contribution in [-0.2, 0) is 0 Å². The predicted octanol–water partition coefficient (Wildman–Crippen LogP) is 5.49. The molecule has 3 aromatic rings. The first kappa shape index (κ1) is 15.1. The highest BCUT2D eigenvalue weighted by atomic mass is 14.2. The van der Waals surface area contributed by atoms with Crippen LogP contribution in [0.15, 0.2) is 78.9 Å². The molecule has 0 aliphatic carbocycles. The number of rotatable bonds is 2. The molecule has 0 radical (unpaired) electrons. The van der Waals surface area contributed by atoms with E-state index >= 15 is 0 Å².